The molecule has 0 saturated heterocycles. The molecular formula is C23H22ClN3O4. The molecule has 0 radical (unpaired) electrons. The first-order valence-corrected chi connectivity index (χ1v) is 10.2. The van der Waals surface area contributed by atoms with Gasteiger partial charge < -0.3 is 18.8 Å². The predicted molar refractivity (Wildman–Crippen MR) is 117 cm³/mol. The molecule has 4 rings (SSSR count). The highest BCUT2D eigenvalue weighted by Gasteiger charge is 2.32. The number of hydrogen-bond acceptors (Lipinski definition) is 6. The number of rotatable bonds is 8. The van der Waals surface area contributed by atoms with E-state index in [1.165, 1.54) is 0 Å². The summed E-state index contributed by atoms with van der Waals surface area (Å²) in [5.74, 6) is 1.93. The summed E-state index contributed by atoms with van der Waals surface area (Å²) in [4.78, 5) is 14.6. The summed E-state index contributed by atoms with van der Waals surface area (Å²) in [5.41, 5.74) is 1.62. The third-order valence-corrected chi connectivity index (χ3v) is 5.21. The van der Waals surface area contributed by atoms with Crippen LogP contribution in [0.4, 0.5) is 0 Å². The zero-order valence-corrected chi connectivity index (χ0v) is 18.0. The Balaban J connectivity index is 1.46. The average molecular weight is 440 g/mol. The Bertz CT molecular complexity index is 1090. The second-order valence-corrected chi connectivity index (χ2v) is 7.59. The van der Waals surface area contributed by atoms with Crippen LogP contribution in [0, 0.1) is 0 Å². The van der Waals surface area contributed by atoms with Crippen molar-refractivity contribution in [2.45, 2.75) is 25.4 Å². The topological polar surface area (TPSA) is 77.7 Å². The predicted octanol–water partition coefficient (Wildman–Crippen LogP) is 4.61. The minimum absolute atomic E-state index is 0.108. The number of amides is 1. The van der Waals surface area contributed by atoms with Crippen LogP contribution in [0.1, 0.15) is 24.3 Å². The van der Waals surface area contributed by atoms with Gasteiger partial charge in [-0.25, -0.2) is 0 Å². The number of benzene rings is 2. The number of ether oxygens (including phenoxy) is 2. The molecule has 1 fully saturated rings. The van der Waals surface area contributed by atoms with Gasteiger partial charge in [-0.15, -0.1) is 10.2 Å². The zero-order chi connectivity index (χ0) is 21.8. The van der Waals surface area contributed by atoms with Crippen molar-refractivity contribution in [3.63, 3.8) is 0 Å². The monoisotopic (exact) mass is 439 g/mol. The second kappa shape index (κ2) is 9.22. The molecule has 0 N–H and O–H groups in total. The van der Waals surface area contributed by atoms with Crippen LogP contribution in [0.25, 0.3) is 17.5 Å². The molecule has 1 aliphatic rings. The molecule has 160 valence electrons. The molecule has 1 aliphatic carbocycles. The lowest BCUT2D eigenvalue weighted by Crippen LogP contribution is -2.31. The normalized spacial score (nSPS) is 13.4. The smallest absolute Gasteiger partial charge is 0.247 e. The van der Waals surface area contributed by atoms with Crippen molar-refractivity contribution in [3.05, 3.63) is 65.0 Å². The number of carbonyl (C=O) groups excluding carboxylic acids is 1. The van der Waals surface area contributed by atoms with Crippen LogP contribution >= 0.6 is 11.6 Å². The third-order valence-electron chi connectivity index (χ3n) is 4.96. The molecule has 8 heteroatoms. The lowest BCUT2D eigenvalue weighted by molar-refractivity contribution is -0.127. The van der Waals surface area contributed by atoms with Crippen molar-refractivity contribution in [2.24, 2.45) is 0 Å². The van der Waals surface area contributed by atoms with Crippen molar-refractivity contribution in [2.75, 3.05) is 14.2 Å². The number of aromatic nitrogens is 2. The fourth-order valence-corrected chi connectivity index (χ4v) is 3.29. The van der Waals surface area contributed by atoms with Crippen LogP contribution in [-0.4, -0.2) is 41.3 Å². The highest BCUT2D eigenvalue weighted by atomic mass is 35.5. The van der Waals surface area contributed by atoms with Gasteiger partial charge in [0.25, 0.3) is 0 Å². The van der Waals surface area contributed by atoms with E-state index in [2.05, 4.69) is 10.2 Å². The molecule has 1 heterocycles. The fraction of sp³-hybridized carbons (Fsp3) is 0.261. The Kier molecular flexibility index (Phi) is 6.23. The van der Waals surface area contributed by atoms with Gasteiger partial charge in [-0.05, 0) is 60.9 Å². The Labute approximate surface area is 185 Å². The summed E-state index contributed by atoms with van der Waals surface area (Å²) in [6.07, 6.45) is 5.24. The summed E-state index contributed by atoms with van der Waals surface area (Å²) in [6.45, 7) is 0.264. The van der Waals surface area contributed by atoms with Gasteiger partial charge in [-0.1, -0.05) is 17.7 Å². The third kappa shape index (κ3) is 5.06. The van der Waals surface area contributed by atoms with Crippen molar-refractivity contribution in [1.29, 1.82) is 0 Å². The van der Waals surface area contributed by atoms with Crippen LogP contribution < -0.4 is 9.47 Å². The van der Waals surface area contributed by atoms with E-state index in [-0.39, 0.29) is 18.5 Å². The molecule has 3 aromatic rings. The lowest BCUT2D eigenvalue weighted by atomic mass is 10.2. The molecule has 0 spiro atoms. The first-order valence-electron chi connectivity index (χ1n) is 9.86. The molecule has 1 saturated carbocycles. The number of nitrogens with zero attached hydrogens (tertiary/aromatic N) is 3. The number of hydrogen-bond donors (Lipinski definition) is 0. The van der Waals surface area contributed by atoms with Gasteiger partial charge >= 0.3 is 0 Å². The van der Waals surface area contributed by atoms with Gasteiger partial charge in [0.2, 0.25) is 17.7 Å². The fourth-order valence-electron chi connectivity index (χ4n) is 3.17. The molecule has 0 bridgehead atoms. The van der Waals surface area contributed by atoms with Crippen molar-refractivity contribution in [1.82, 2.24) is 15.1 Å². The maximum atomic E-state index is 12.9. The maximum absolute atomic E-state index is 12.9. The van der Waals surface area contributed by atoms with E-state index in [0.717, 1.165) is 24.0 Å². The first kappa shape index (κ1) is 20.9. The number of methoxy groups -OCH3 is 2. The average Bonchev–Trinajstić information content (AvgIpc) is 3.53. The first-order chi connectivity index (χ1) is 15.1. The minimum atomic E-state index is -0.108. The number of carbonyl (C=O) groups is 1. The van der Waals surface area contributed by atoms with Gasteiger partial charge in [-0.2, -0.15) is 0 Å². The minimum Gasteiger partial charge on any atom is -0.493 e. The molecule has 0 unspecified atom stereocenters. The molecule has 31 heavy (non-hydrogen) atoms. The summed E-state index contributed by atoms with van der Waals surface area (Å²) < 4.78 is 16.3. The molecule has 7 nitrogen and oxygen atoms in total. The van der Waals surface area contributed by atoms with E-state index in [9.17, 15) is 4.79 Å². The lowest BCUT2D eigenvalue weighted by Gasteiger charge is -2.18. The molecule has 0 atom stereocenters. The summed E-state index contributed by atoms with van der Waals surface area (Å²) in [5, 5.41) is 8.84. The summed E-state index contributed by atoms with van der Waals surface area (Å²) in [6, 6.07) is 12.8. The molecule has 1 amide bonds. The molecule has 2 aromatic carbocycles. The summed E-state index contributed by atoms with van der Waals surface area (Å²) >= 11 is 5.93. The molecular weight excluding hydrogens is 418 g/mol. The van der Waals surface area contributed by atoms with Gasteiger partial charge in [0.1, 0.15) is 0 Å². The van der Waals surface area contributed by atoms with E-state index < -0.39 is 0 Å². The van der Waals surface area contributed by atoms with Crippen molar-refractivity contribution in [3.8, 4) is 23.0 Å². The van der Waals surface area contributed by atoms with E-state index >= 15 is 0 Å². The van der Waals surface area contributed by atoms with Crippen molar-refractivity contribution >= 4 is 23.6 Å². The van der Waals surface area contributed by atoms with Crippen LogP contribution in [-0.2, 0) is 11.3 Å². The Morgan fingerprint density at radius 3 is 2.55 bits per heavy atom. The number of halogens is 1. The quantitative estimate of drug-likeness (QED) is 0.477. The van der Waals surface area contributed by atoms with E-state index in [4.69, 9.17) is 25.5 Å². The van der Waals surface area contributed by atoms with Gasteiger partial charge in [0.15, 0.2) is 11.5 Å². The SMILES string of the molecule is COc1ccc(/C=C/C(=O)N(Cc2nnc(-c3ccc(Cl)cc3)o2)C2CC2)cc1OC. The summed E-state index contributed by atoms with van der Waals surface area (Å²) in [7, 11) is 3.16. The maximum Gasteiger partial charge on any atom is 0.247 e. The van der Waals surface area contributed by atoms with E-state index in [1.807, 2.05) is 24.3 Å². The van der Waals surface area contributed by atoms with Crippen LogP contribution in [0.5, 0.6) is 11.5 Å². The highest BCUT2D eigenvalue weighted by Crippen LogP contribution is 2.30. The van der Waals surface area contributed by atoms with E-state index in [1.54, 1.807) is 49.5 Å². The Morgan fingerprint density at radius 2 is 1.87 bits per heavy atom. The van der Waals surface area contributed by atoms with Crippen LogP contribution in [0.15, 0.2) is 53.0 Å². The second-order valence-electron chi connectivity index (χ2n) is 7.15. The van der Waals surface area contributed by atoms with Crippen LogP contribution in [0.3, 0.4) is 0 Å². The molecule has 0 aliphatic heterocycles. The van der Waals surface area contributed by atoms with Crippen LogP contribution in [0.2, 0.25) is 5.02 Å². The van der Waals surface area contributed by atoms with Gasteiger partial charge in [0.05, 0.1) is 20.8 Å². The Hall–Kier alpha value is -3.32. The van der Waals surface area contributed by atoms with Gasteiger partial charge in [0, 0.05) is 22.7 Å². The standard InChI is InChI=1S/C23H22ClN3O4/c1-29-19-11-3-15(13-20(19)30-2)4-12-22(28)27(18-9-10-18)14-21-25-26-23(31-21)16-5-7-17(24)8-6-16/h3-8,11-13,18H,9-10,14H2,1-2H3/b12-4+. The highest BCUT2D eigenvalue weighted by molar-refractivity contribution is 6.30. The zero-order valence-electron chi connectivity index (χ0n) is 17.2. The van der Waals surface area contributed by atoms with E-state index in [0.29, 0.717) is 28.3 Å². The molecule has 1 aromatic heterocycles. The van der Waals surface area contributed by atoms with Crippen molar-refractivity contribution < 1.29 is 18.7 Å². The Morgan fingerprint density at radius 1 is 1.13 bits per heavy atom. The largest absolute Gasteiger partial charge is 0.493 e. The van der Waals surface area contributed by atoms with Gasteiger partial charge in [-0.3, -0.25) is 4.79 Å².